The van der Waals surface area contributed by atoms with E-state index in [1.807, 2.05) is 13.8 Å². The van der Waals surface area contributed by atoms with E-state index in [2.05, 4.69) is 5.48 Å². The Morgan fingerprint density at radius 2 is 1.77 bits per heavy atom. The highest BCUT2D eigenvalue weighted by atomic mass is 16.7. The van der Waals surface area contributed by atoms with Gasteiger partial charge in [-0.1, -0.05) is 0 Å². The van der Waals surface area contributed by atoms with E-state index in [9.17, 15) is 4.79 Å². The number of nitrogens with two attached hydrogens (primary N) is 1. The van der Waals surface area contributed by atoms with Crippen molar-refractivity contribution in [3.8, 4) is 0 Å². The number of hydroxylamine groups is 1. The summed E-state index contributed by atoms with van der Waals surface area (Å²) in [7, 11) is 0. The van der Waals surface area contributed by atoms with Gasteiger partial charge in [0.2, 0.25) is 0 Å². The predicted octanol–water partition coefficient (Wildman–Crippen LogP) is 0.818. The second kappa shape index (κ2) is 4.07. The summed E-state index contributed by atoms with van der Waals surface area (Å²) in [6.07, 6.45) is 0. The topological polar surface area (TPSA) is 64.3 Å². The molecule has 0 aliphatic heterocycles. The van der Waals surface area contributed by atoms with E-state index in [0.29, 0.717) is 6.54 Å². The number of carbonyl (C=O) groups is 1. The number of hydrogen-bond acceptors (Lipinski definition) is 4. The van der Waals surface area contributed by atoms with Crippen molar-refractivity contribution in [2.24, 2.45) is 11.1 Å². The Balaban J connectivity index is 3.74. The quantitative estimate of drug-likeness (QED) is 0.643. The Kier molecular flexibility index (Phi) is 3.88. The molecule has 0 heterocycles. The molecule has 0 radical (unpaired) electrons. The Hall–Kier alpha value is -0.610. The minimum absolute atomic E-state index is 0.281. The Morgan fingerprint density at radius 3 is 2.08 bits per heavy atom. The maximum absolute atomic E-state index is 11.2. The van der Waals surface area contributed by atoms with Gasteiger partial charge in [0.05, 0.1) is 5.41 Å². The van der Waals surface area contributed by atoms with Crippen molar-refractivity contribution in [1.29, 1.82) is 0 Å². The second-order valence-electron chi connectivity index (χ2n) is 4.95. The van der Waals surface area contributed by atoms with E-state index in [1.165, 1.54) is 0 Å². The summed E-state index contributed by atoms with van der Waals surface area (Å²) in [6.45, 7) is 9.53. The van der Waals surface area contributed by atoms with Gasteiger partial charge in [-0.3, -0.25) is 0 Å². The van der Waals surface area contributed by atoms with Crippen molar-refractivity contribution in [2.75, 3.05) is 6.54 Å². The van der Waals surface area contributed by atoms with Crippen molar-refractivity contribution in [3.63, 3.8) is 0 Å². The molecular weight excluding hydrogens is 168 g/mol. The lowest BCUT2D eigenvalue weighted by atomic mass is 9.98. The van der Waals surface area contributed by atoms with E-state index >= 15 is 0 Å². The highest BCUT2D eigenvalue weighted by Gasteiger charge is 2.23. The van der Waals surface area contributed by atoms with Crippen molar-refractivity contribution in [1.82, 2.24) is 5.48 Å². The molecule has 0 bridgehead atoms. The summed E-state index contributed by atoms with van der Waals surface area (Å²) in [5.74, 6) is -0.281. The van der Waals surface area contributed by atoms with E-state index in [1.54, 1.807) is 20.8 Å². The molecule has 0 aliphatic rings. The minimum atomic E-state index is -0.480. The molecule has 13 heavy (non-hydrogen) atoms. The first-order valence-corrected chi connectivity index (χ1v) is 4.36. The van der Waals surface area contributed by atoms with Crippen LogP contribution in [0, 0.1) is 5.41 Å². The first-order valence-electron chi connectivity index (χ1n) is 4.36. The molecule has 0 aromatic heterocycles. The summed E-state index contributed by atoms with van der Waals surface area (Å²) in [6, 6.07) is 0. The lowest BCUT2D eigenvalue weighted by Crippen LogP contribution is -2.44. The lowest BCUT2D eigenvalue weighted by Gasteiger charge is -2.21. The van der Waals surface area contributed by atoms with Gasteiger partial charge in [-0.2, -0.15) is 5.48 Å². The van der Waals surface area contributed by atoms with Crippen LogP contribution in [-0.4, -0.2) is 18.1 Å². The molecule has 78 valence electrons. The van der Waals surface area contributed by atoms with E-state index in [0.717, 1.165) is 0 Å². The normalized spacial score (nSPS) is 12.8. The third-order valence-corrected chi connectivity index (χ3v) is 1.31. The molecule has 3 N–H and O–H groups in total. The van der Waals surface area contributed by atoms with Crippen LogP contribution in [0.25, 0.3) is 0 Å². The standard InChI is InChI=1S/C9H20N2O2/c1-8(2,3)7(12)13-11-6-9(4,5)10/h11H,6,10H2,1-5H3. The highest BCUT2D eigenvalue weighted by Crippen LogP contribution is 2.14. The number of carbonyl (C=O) groups excluding carboxylic acids is 1. The van der Waals surface area contributed by atoms with Crippen LogP contribution in [0.15, 0.2) is 0 Å². The highest BCUT2D eigenvalue weighted by molar-refractivity contribution is 5.75. The van der Waals surface area contributed by atoms with E-state index in [4.69, 9.17) is 10.6 Å². The molecule has 0 saturated heterocycles. The molecule has 0 aromatic rings. The van der Waals surface area contributed by atoms with E-state index < -0.39 is 5.41 Å². The Morgan fingerprint density at radius 1 is 1.31 bits per heavy atom. The molecule has 0 rings (SSSR count). The summed E-state index contributed by atoms with van der Waals surface area (Å²) >= 11 is 0. The Bertz CT molecular complexity index is 177. The van der Waals surface area contributed by atoms with Gasteiger partial charge in [0.15, 0.2) is 0 Å². The van der Waals surface area contributed by atoms with Gasteiger partial charge >= 0.3 is 5.97 Å². The van der Waals surface area contributed by atoms with Crippen molar-refractivity contribution >= 4 is 5.97 Å². The molecule has 0 atom stereocenters. The largest absolute Gasteiger partial charge is 0.370 e. The second-order valence-corrected chi connectivity index (χ2v) is 4.95. The average molecular weight is 188 g/mol. The maximum atomic E-state index is 11.2. The third kappa shape index (κ3) is 6.54. The van der Waals surface area contributed by atoms with Crippen LogP contribution in [0.1, 0.15) is 34.6 Å². The van der Waals surface area contributed by atoms with Crippen molar-refractivity contribution in [3.05, 3.63) is 0 Å². The fraction of sp³-hybridized carbons (Fsp3) is 0.889. The van der Waals surface area contributed by atoms with Crippen LogP contribution in [0.5, 0.6) is 0 Å². The maximum Gasteiger partial charge on any atom is 0.329 e. The summed E-state index contributed by atoms with van der Waals surface area (Å²) < 4.78 is 0. The zero-order valence-electron chi connectivity index (χ0n) is 9.10. The SMILES string of the molecule is CC(C)(N)CNOC(=O)C(C)(C)C. The molecule has 4 heteroatoms. The molecule has 0 unspecified atom stereocenters. The molecule has 0 aliphatic carbocycles. The molecule has 0 spiro atoms. The molecule has 0 amide bonds. The molecule has 0 saturated carbocycles. The smallest absolute Gasteiger partial charge is 0.329 e. The van der Waals surface area contributed by atoms with Crippen LogP contribution >= 0.6 is 0 Å². The molecule has 0 aromatic carbocycles. The first kappa shape index (κ1) is 12.4. The fourth-order valence-corrected chi connectivity index (χ4v) is 0.441. The van der Waals surface area contributed by atoms with Crippen LogP contribution in [0.2, 0.25) is 0 Å². The fourth-order valence-electron chi connectivity index (χ4n) is 0.441. The number of rotatable bonds is 3. The van der Waals surface area contributed by atoms with Crippen LogP contribution in [0.3, 0.4) is 0 Å². The first-order chi connectivity index (χ1) is 5.63. The zero-order valence-corrected chi connectivity index (χ0v) is 9.10. The number of nitrogens with one attached hydrogen (secondary N) is 1. The molecule has 4 nitrogen and oxygen atoms in total. The van der Waals surface area contributed by atoms with Gasteiger partial charge in [-0.05, 0) is 34.6 Å². The van der Waals surface area contributed by atoms with Gasteiger partial charge in [0, 0.05) is 12.1 Å². The van der Waals surface area contributed by atoms with Crippen molar-refractivity contribution < 1.29 is 9.63 Å². The van der Waals surface area contributed by atoms with Gasteiger partial charge in [-0.15, -0.1) is 0 Å². The van der Waals surface area contributed by atoms with Gasteiger partial charge in [0.1, 0.15) is 0 Å². The third-order valence-electron chi connectivity index (χ3n) is 1.31. The lowest BCUT2D eigenvalue weighted by molar-refractivity contribution is -0.161. The van der Waals surface area contributed by atoms with E-state index in [-0.39, 0.29) is 11.5 Å². The van der Waals surface area contributed by atoms with Gasteiger partial charge in [-0.25, -0.2) is 4.79 Å². The van der Waals surface area contributed by atoms with Gasteiger partial charge in [0.25, 0.3) is 0 Å². The molecular formula is C9H20N2O2. The van der Waals surface area contributed by atoms with Crippen LogP contribution in [-0.2, 0) is 9.63 Å². The summed E-state index contributed by atoms with van der Waals surface area (Å²) in [5, 5.41) is 0. The van der Waals surface area contributed by atoms with Crippen LogP contribution < -0.4 is 11.2 Å². The average Bonchev–Trinajstić information content (AvgIpc) is 1.82. The predicted molar refractivity (Wildman–Crippen MR) is 51.8 cm³/mol. The monoisotopic (exact) mass is 188 g/mol. The minimum Gasteiger partial charge on any atom is -0.370 e. The summed E-state index contributed by atoms with van der Waals surface area (Å²) in [5.41, 5.74) is 7.38. The van der Waals surface area contributed by atoms with Crippen LogP contribution in [0.4, 0.5) is 0 Å². The number of hydrogen-bond donors (Lipinski definition) is 2. The molecule has 0 fully saturated rings. The zero-order chi connectivity index (χ0) is 10.7. The van der Waals surface area contributed by atoms with Gasteiger partial charge < -0.3 is 10.6 Å². The summed E-state index contributed by atoms with van der Waals surface area (Å²) in [4.78, 5) is 16.0. The Labute approximate surface area is 79.8 Å². The van der Waals surface area contributed by atoms with Crippen molar-refractivity contribution in [2.45, 2.75) is 40.2 Å².